The number of hydrogen-bond acceptors (Lipinski definition) is 4. The van der Waals surface area contributed by atoms with Crippen LogP contribution in [0.3, 0.4) is 0 Å². The molecule has 0 rings (SSSR count). The molecule has 1 amide bonds. The predicted octanol–water partition coefficient (Wildman–Crippen LogP) is 2.45. The van der Waals surface area contributed by atoms with Crippen molar-refractivity contribution >= 4 is 11.9 Å². The van der Waals surface area contributed by atoms with Gasteiger partial charge in [0.25, 0.3) is 0 Å². The molecule has 0 radical (unpaired) electrons. The molecule has 5 nitrogen and oxygen atoms in total. The van der Waals surface area contributed by atoms with Crippen molar-refractivity contribution < 1.29 is 19.1 Å². The Kier molecular flexibility index (Phi) is 8.93. The Bertz CT molecular complexity index is 358. The van der Waals surface area contributed by atoms with Gasteiger partial charge in [-0.2, -0.15) is 0 Å². The van der Waals surface area contributed by atoms with Gasteiger partial charge in [0.2, 0.25) is 5.91 Å². The summed E-state index contributed by atoms with van der Waals surface area (Å²) in [6.07, 6.45) is 6.11. The van der Waals surface area contributed by atoms with E-state index in [-0.39, 0.29) is 11.3 Å². The second-order valence-corrected chi connectivity index (χ2v) is 6.18. The maximum absolute atomic E-state index is 12.0. The van der Waals surface area contributed by atoms with Crippen LogP contribution < -0.4 is 5.32 Å². The summed E-state index contributed by atoms with van der Waals surface area (Å²) in [6, 6.07) is -0.666. The van der Waals surface area contributed by atoms with Crippen molar-refractivity contribution in [3.05, 3.63) is 12.2 Å². The van der Waals surface area contributed by atoms with Crippen LogP contribution in [0.15, 0.2) is 12.2 Å². The van der Waals surface area contributed by atoms with Crippen molar-refractivity contribution in [3.8, 4) is 0 Å². The largest absolute Gasteiger partial charge is 0.467 e. The summed E-state index contributed by atoms with van der Waals surface area (Å²) in [4.78, 5) is 23.2. The molecule has 0 aliphatic carbocycles. The van der Waals surface area contributed by atoms with E-state index >= 15 is 0 Å². The lowest BCUT2D eigenvalue weighted by Gasteiger charge is -2.18. The maximum Gasteiger partial charge on any atom is 0.328 e. The predicted molar refractivity (Wildman–Crippen MR) is 82.9 cm³/mol. The SMILES string of the molecule is COC(=O)[C@H](C)NC(=O)[C@@H](CCC/C=C/C(C)(C)C)OC. The number of methoxy groups -OCH3 is 2. The smallest absolute Gasteiger partial charge is 0.328 e. The summed E-state index contributed by atoms with van der Waals surface area (Å²) < 4.78 is 9.75. The topological polar surface area (TPSA) is 64.6 Å². The molecule has 0 aromatic carbocycles. The zero-order chi connectivity index (χ0) is 16.5. The van der Waals surface area contributed by atoms with Crippen LogP contribution in [0.1, 0.15) is 47.0 Å². The standard InChI is InChI=1S/C16H29NO4/c1-12(15(19)21-6)17-14(18)13(20-5)10-8-7-9-11-16(2,3)4/h9,11-13H,7-8,10H2,1-6H3,(H,17,18)/b11-9+/t12-,13+/m0/s1. The van der Waals surface area contributed by atoms with Gasteiger partial charge in [0, 0.05) is 7.11 Å². The van der Waals surface area contributed by atoms with E-state index in [0.29, 0.717) is 6.42 Å². The van der Waals surface area contributed by atoms with Crippen molar-refractivity contribution in [2.45, 2.75) is 59.1 Å². The van der Waals surface area contributed by atoms with Gasteiger partial charge in [-0.1, -0.05) is 32.9 Å². The number of amides is 1. The first kappa shape index (κ1) is 19.6. The minimum atomic E-state index is -0.666. The Labute approximate surface area is 128 Å². The van der Waals surface area contributed by atoms with Crippen LogP contribution in [0, 0.1) is 5.41 Å². The minimum absolute atomic E-state index is 0.175. The van der Waals surface area contributed by atoms with Crippen LogP contribution in [0.25, 0.3) is 0 Å². The third-order valence-electron chi connectivity index (χ3n) is 2.95. The second kappa shape index (κ2) is 9.55. The Morgan fingerprint density at radius 1 is 1.24 bits per heavy atom. The molecule has 2 atom stereocenters. The highest BCUT2D eigenvalue weighted by atomic mass is 16.5. The van der Waals surface area contributed by atoms with Crippen LogP contribution in [0.5, 0.6) is 0 Å². The number of esters is 1. The number of carbonyl (C=O) groups is 2. The number of rotatable bonds is 8. The molecule has 0 aromatic rings. The van der Waals surface area contributed by atoms with Crippen LogP contribution in [-0.2, 0) is 19.1 Å². The van der Waals surface area contributed by atoms with Gasteiger partial charge in [0.05, 0.1) is 7.11 Å². The lowest BCUT2D eigenvalue weighted by Crippen LogP contribution is -2.44. The normalized spacial score (nSPS) is 14.8. The summed E-state index contributed by atoms with van der Waals surface area (Å²) in [5.41, 5.74) is 0.175. The molecular formula is C16H29NO4. The molecule has 0 saturated carbocycles. The van der Waals surface area contributed by atoms with Crippen molar-refractivity contribution in [2.75, 3.05) is 14.2 Å². The van der Waals surface area contributed by atoms with Gasteiger partial charge in [0.15, 0.2) is 0 Å². The monoisotopic (exact) mass is 299 g/mol. The summed E-state index contributed by atoms with van der Waals surface area (Å²) in [5.74, 6) is -0.749. The van der Waals surface area contributed by atoms with E-state index < -0.39 is 18.1 Å². The number of hydrogen-bond donors (Lipinski definition) is 1. The fourth-order valence-corrected chi connectivity index (χ4v) is 1.76. The van der Waals surface area contributed by atoms with Crippen molar-refractivity contribution in [1.29, 1.82) is 0 Å². The minimum Gasteiger partial charge on any atom is -0.467 e. The van der Waals surface area contributed by atoms with E-state index in [1.165, 1.54) is 14.2 Å². The van der Waals surface area contributed by atoms with Crippen LogP contribution >= 0.6 is 0 Å². The Morgan fingerprint density at radius 2 is 1.86 bits per heavy atom. The van der Waals surface area contributed by atoms with Gasteiger partial charge in [-0.05, 0) is 31.6 Å². The lowest BCUT2D eigenvalue weighted by atomic mass is 9.95. The zero-order valence-corrected chi connectivity index (χ0v) is 14.1. The van der Waals surface area contributed by atoms with E-state index in [4.69, 9.17) is 4.74 Å². The van der Waals surface area contributed by atoms with Crippen molar-refractivity contribution in [1.82, 2.24) is 5.32 Å². The molecule has 0 heterocycles. The molecule has 1 N–H and O–H groups in total. The quantitative estimate of drug-likeness (QED) is 0.425. The highest BCUT2D eigenvalue weighted by Crippen LogP contribution is 2.15. The van der Waals surface area contributed by atoms with Gasteiger partial charge in [-0.25, -0.2) is 4.79 Å². The van der Waals surface area contributed by atoms with Crippen LogP contribution in [0.4, 0.5) is 0 Å². The van der Waals surface area contributed by atoms with Gasteiger partial charge in [-0.3, -0.25) is 4.79 Å². The molecule has 0 fully saturated rings. The molecule has 0 spiro atoms. The molecule has 122 valence electrons. The fourth-order valence-electron chi connectivity index (χ4n) is 1.76. The summed E-state index contributed by atoms with van der Waals surface area (Å²) in [5, 5.41) is 2.59. The highest BCUT2D eigenvalue weighted by molar-refractivity contribution is 5.86. The molecule has 0 unspecified atom stereocenters. The van der Waals surface area contributed by atoms with Gasteiger partial charge < -0.3 is 14.8 Å². The molecule has 0 aliphatic heterocycles. The number of nitrogens with one attached hydrogen (secondary N) is 1. The number of ether oxygens (including phenoxy) is 2. The summed E-state index contributed by atoms with van der Waals surface area (Å²) in [7, 11) is 2.79. The molecule has 21 heavy (non-hydrogen) atoms. The first-order valence-electron chi connectivity index (χ1n) is 7.30. The van der Waals surface area contributed by atoms with E-state index in [1.807, 2.05) is 0 Å². The molecule has 0 bridgehead atoms. The first-order chi connectivity index (χ1) is 9.71. The van der Waals surface area contributed by atoms with Gasteiger partial charge in [-0.15, -0.1) is 0 Å². The molecule has 0 aliphatic rings. The number of allylic oxidation sites excluding steroid dienone is 2. The third kappa shape index (κ3) is 9.24. The summed E-state index contributed by atoms with van der Waals surface area (Å²) >= 11 is 0. The molecular weight excluding hydrogens is 270 g/mol. The average Bonchev–Trinajstić information content (AvgIpc) is 2.40. The van der Waals surface area contributed by atoms with E-state index in [1.54, 1.807) is 6.92 Å². The highest BCUT2D eigenvalue weighted by Gasteiger charge is 2.22. The van der Waals surface area contributed by atoms with Crippen molar-refractivity contribution in [3.63, 3.8) is 0 Å². The lowest BCUT2D eigenvalue weighted by molar-refractivity contribution is -0.146. The van der Waals surface area contributed by atoms with Crippen LogP contribution in [-0.4, -0.2) is 38.2 Å². The second-order valence-electron chi connectivity index (χ2n) is 6.18. The number of carbonyl (C=O) groups excluding carboxylic acids is 2. The molecule has 0 aromatic heterocycles. The van der Waals surface area contributed by atoms with Crippen molar-refractivity contribution in [2.24, 2.45) is 5.41 Å². The Balaban J connectivity index is 4.18. The van der Waals surface area contributed by atoms with Crippen LogP contribution in [0.2, 0.25) is 0 Å². The van der Waals surface area contributed by atoms with Gasteiger partial charge >= 0.3 is 5.97 Å². The zero-order valence-electron chi connectivity index (χ0n) is 14.1. The maximum atomic E-state index is 12.0. The first-order valence-corrected chi connectivity index (χ1v) is 7.30. The van der Waals surface area contributed by atoms with E-state index in [9.17, 15) is 9.59 Å². The average molecular weight is 299 g/mol. The third-order valence-corrected chi connectivity index (χ3v) is 2.95. The Morgan fingerprint density at radius 3 is 2.33 bits per heavy atom. The number of unbranched alkanes of at least 4 members (excludes halogenated alkanes) is 1. The molecule has 5 heteroatoms. The fraction of sp³-hybridized carbons (Fsp3) is 0.750. The summed E-state index contributed by atoms with van der Waals surface area (Å²) in [6.45, 7) is 8.01. The van der Waals surface area contributed by atoms with E-state index in [0.717, 1.165) is 12.8 Å². The van der Waals surface area contributed by atoms with Gasteiger partial charge in [0.1, 0.15) is 12.1 Å². The Hall–Kier alpha value is -1.36. The molecule has 0 saturated heterocycles. The van der Waals surface area contributed by atoms with E-state index in [2.05, 4.69) is 43.0 Å².